The summed E-state index contributed by atoms with van der Waals surface area (Å²) in [5.41, 5.74) is 1.97. The first-order chi connectivity index (χ1) is 11.0. The molecule has 0 unspecified atom stereocenters. The third kappa shape index (κ3) is 3.58. The summed E-state index contributed by atoms with van der Waals surface area (Å²) in [7, 11) is 0. The summed E-state index contributed by atoms with van der Waals surface area (Å²) < 4.78 is 6.00. The Balaban J connectivity index is 1.58. The molecule has 7 heteroatoms. The fourth-order valence-corrected chi connectivity index (χ4v) is 2.80. The highest BCUT2D eigenvalue weighted by molar-refractivity contribution is 6.30. The molecule has 124 valence electrons. The zero-order valence-corrected chi connectivity index (χ0v) is 14.5. The van der Waals surface area contributed by atoms with Crippen molar-refractivity contribution in [2.45, 2.75) is 45.6 Å². The fraction of sp³-hybridized carbons (Fsp3) is 0.562. The van der Waals surface area contributed by atoms with E-state index in [4.69, 9.17) is 16.3 Å². The van der Waals surface area contributed by atoms with Crippen LogP contribution < -0.4 is 9.64 Å². The Morgan fingerprint density at radius 1 is 1.30 bits per heavy atom. The summed E-state index contributed by atoms with van der Waals surface area (Å²) in [6.07, 6.45) is 3.46. The second-order valence-electron chi connectivity index (χ2n) is 6.24. The number of ether oxygens (including phenoxy) is 1. The van der Waals surface area contributed by atoms with Gasteiger partial charge in [0.15, 0.2) is 5.82 Å². The van der Waals surface area contributed by atoms with E-state index in [1.54, 1.807) is 0 Å². The van der Waals surface area contributed by atoms with Gasteiger partial charge in [0.2, 0.25) is 5.88 Å². The molecule has 1 N–H and O–H groups in total. The van der Waals surface area contributed by atoms with Crippen LogP contribution in [0.15, 0.2) is 12.4 Å². The van der Waals surface area contributed by atoms with Crippen LogP contribution in [-0.2, 0) is 0 Å². The smallest absolute Gasteiger partial charge is 0.221 e. The van der Waals surface area contributed by atoms with Gasteiger partial charge >= 0.3 is 0 Å². The van der Waals surface area contributed by atoms with E-state index in [2.05, 4.69) is 45.0 Å². The molecule has 0 spiro atoms. The fourth-order valence-electron chi connectivity index (χ4n) is 2.68. The van der Waals surface area contributed by atoms with Gasteiger partial charge in [0.05, 0.1) is 0 Å². The van der Waals surface area contributed by atoms with Gasteiger partial charge in [-0.05, 0) is 12.8 Å². The van der Waals surface area contributed by atoms with E-state index >= 15 is 0 Å². The van der Waals surface area contributed by atoms with Crippen molar-refractivity contribution < 1.29 is 4.74 Å². The molecule has 0 radical (unpaired) electrons. The van der Waals surface area contributed by atoms with Gasteiger partial charge in [-0.15, -0.1) is 0 Å². The topological polar surface area (TPSA) is 66.9 Å². The molecule has 1 aliphatic heterocycles. The predicted molar refractivity (Wildman–Crippen MR) is 90.3 cm³/mol. The quantitative estimate of drug-likeness (QED) is 0.868. The molecule has 0 saturated carbocycles. The lowest BCUT2D eigenvalue weighted by atomic mass is 10.1. The zero-order chi connectivity index (χ0) is 16.4. The highest BCUT2D eigenvalue weighted by Crippen LogP contribution is 2.26. The van der Waals surface area contributed by atoms with Crippen LogP contribution in [0.1, 0.15) is 43.9 Å². The first-order valence-electron chi connectivity index (χ1n) is 7.98. The van der Waals surface area contributed by atoms with Crippen molar-refractivity contribution in [2.24, 2.45) is 0 Å². The maximum absolute atomic E-state index is 6.01. The summed E-state index contributed by atoms with van der Waals surface area (Å²) in [6.45, 7) is 8.04. The average Bonchev–Trinajstić information content (AvgIpc) is 3.03. The van der Waals surface area contributed by atoms with Crippen LogP contribution >= 0.6 is 11.6 Å². The summed E-state index contributed by atoms with van der Waals surface area (Å²) in [5.74, 6) is 2.07. The van der Waals surface area contributed by atoms with Gasteiger partial charge in [0.25, 0.3) is 0 Å². The molecule has 2 aromatic heterocycles. The highest BCUT2D eigenvalue weighted by Gasteiger charge is 2.23. The van der Waals surface area contributed by atoms with Crippen LogP contribution in [-0.4, -0.2) is 39.4 Å². The second-order valence-corrected chi connectivity index (χ2v) is 6.59. The van der Waals surface area contributed by atoms with Crippen molar-refractivity contribution >= 4 is 17.4 Å². The number of aromatic amines is 1. The minimum Gasteiger partial charge on any atom is -0.474 e. The number of halogens is 1. The first-order valence-corrected chi connectivity index (χ1v) is 8.36. The van der Waals surface area contributed by atoms with E-state index in [0.29, 0.717) is 17.0 Å². The molecule has 1 aliphatic rings. The van der Waals surface area contributed by atoms with Crippen molar-refractivity contribution in [1.29, 1.82) is 0 Å². The van der Waals surface area contributed by atoms with Crippen LogP contribution in [0.3, 0.4) is 0 Å². The molecular weight excluding hydrogens is 314 g/mol. The lowest BCUT2D eigenvalue weighted by molar-refractivity contribution is 0.162. The van der Waals surface area contributed by atoms with Crippen LogP contribution in [0.25, 0.3) is 0 Å². The van der Waals surface area contributed by atoms with Crippen LogP contribution in [0, 0.1) is 6.92 Å². The van der Waals surface area contributed by atoms with Gasteiger partial charge in [-0.2, -0.15) is 5.10 Å². The third-order valence-corrected chi connectivity index (χ3v) is 4.61. The maximum Gasteiger partial charge on any atom is 0.221 e. The SMILES string of the molecule is Cc1c(Cl)ncnc1OC1CCN(c2cc(C(C)C)[nH]n2)CC1. The number of anilines is 1. The van der Waals surface area contributed by atoms with Gasteiger partial charge in [0.1, 0.15) is 17.6 Å². The minimum absolute atomic E-state index is 0.152. The monoisotopic (exact) mass is 335 g/mol. The number of piperidine rings is 1. The van der Waals surface area contributed by atoms with Crippen molar-refractivity contribution in [3.8, 4) is 5.88 Å². The molecule has 1 saturated heterocycles. The molecule has 6 nitrogen and oxygen atoms in total. The Hall–Kier alpha value is -1.82. The number of aromatic nitrogens is 4. The standard InChI is InChI=1S/C16H22ClN5O/c1-10(2)13-8-14(21-20-13)22-6-4-12(5-7-22)23-16-11(3)15(17)18-9-19-16/h8-10,12H,4-7H2,1-3H3,(H,20,21). The first kappa shape index (κ1) is 16.1. The number of hydrogen-bond donors (Lipinski definition) is 1. The van der Waals surface area contributed by atoms with Gasteiger partial charge in [-0.1, -0.05) is 25.4 Å². The molecular formula is C16H22ClN5O. The van der Waals surface area contributed by atoms with Crippen LogP contribution in [0.2, 0.25) is 5.15 Å². The molecule has 0 bridgehead atoms. The highest BCUT2D eigenvalue weighted by atomic mass is 35.5. The van der Waals surface area contributed by atoms with E-state index in [-0.39, 0.29) is 6.10 Å². The van der Waals surface area contributed by atoms with Crippen LogP contribution in [0.5, 0.6) is 5.88 Å². The lowest BCUT2D eigenvalue weighted by Crippen LogP contribution is -2.38. The summed E-state index contributed by atoms with van der Waals surface area (Å²) in [5, 5.41) is 7.98. The van der Waals surface area contributed by atoms with E-state index in [9.17, 15) is 0 Å². The number of nitrogens with zero attached hydrogens (tertiary/aromatic N) is 4. The van der Waals surface area contributed by atoms with Gasteiger partial charge < -0.3 is 9.64 Å². The van der Waals surface area contributed by atoms with Crippen molar-refractivity contribution in [2.75, 3.05) is 18.0 Å². The second kappa shape index (κ2) is 6.74. The predicted octanol–water partition coefficient (Wildman–Crippen LogP) is 3.33. The lowest BCUT2D eigenvalue weighted by Gasteiger charge is -2.32. The molecule has 3 heterocycles. The molecule has 0 amide bonds. The Bertz CT molecular complexity index is 664. The third-order valence-electron chi connectivity index (χ3n) is 4.23. The van der Waals surface area contributed by atoms with Gasteiger partial charge in [0, 0.05) is 43.3 Å². The molecule has 1 fully saturated rings. The largest absolute Gasteiger partial charge is 0.474 e. The number of nitrogens with one attached hydrogen (secondary N) is 1. The van der Waals surface area contributed by atoms with E-state index in [1.165, 1.54) is 12.0 Å². The number of H-pyrrole nitrogens is 1. The van der Waals surface area contributed by atoms with E-state index < -0.39 is 0 Å². The summed E-state index contributed by atoms with van der Waals surface area (Å²) in [4.78, 5) is 10.4. The zero-order valence-electron chi connectivity index (χ0n) is 13.7. The van der Waals surface area contributed by atoms with E-state index in [1.807, 2.05) is 6.92 Å². The molecule has 2 aromatic rings. The number of rotatable bonds is 4. The minimum atomic E-state index is 0.152. The van der Waals surface area contributed by atoms with Crippen LogP contribution in [0.4, 0.5) is 5.82 Å². The van der Waals surface area contributed by atoms with Gasteiger partial charge in [-0.3, -0.25) is 5.10 Å². The Morgan fingerprint density at radius 3 is 2.70 bits per heavy atom. The van der Waals surface area contributed by atoms with Crippen molar-refractivity contribution in [3.63, 3.8) is 0 Å². The van der Waals surface area contributed by atoms with Crippen molar-refractivity contribution in [3.05, 3.63) is 28.8 Å². The Morgan fingerprint density at radius 2 is 2.04 bits per heavy atom. The molecule has 23 heavy (non-hydrogen) atoms. The number of hydrogen-bond acceptors (Lipinski definition) is 5. The van der Waals surface area contributed by atoms with E-state index in [0.717, 1.165) is 37.3 Å². The van der Waals surface area contributed by atoms with Crippen molar-refractivity contribution in [1.82, 2.24) is 20.2 Å². The molecule has 0 atom stereocenters. The summed E-state index contributed by atoms with van der Waals surface area (Å²) >= 11 is 6.01. The maximum atomic E-state index is 6.01. The van der Waals surface area contributed by atoms with Gasteiger partial charge in [-0.25, -0.2) is 9.97 Å². The molecule has 0 aliphatic carbocycles. The summed E-state index contributed by atoms with van der Waals surface area (Å²) in [6, 6.07) is 2.14. The Kier molecular flexibility index (Phi) is 4.71. The Labute approximate surface area is 141 Å². The molecule has 0 aromatic carbocycles. The average molecular weight is 336 g/mol. The normalized spacial score (nSPS) is 16.1. The molecule has 3 rings (SSSR count).